The number of hydrogen-bond donors (Lipinski definition) is 1. The van der Waals surface area contributed by atoms with E-state index < -0.39 is 11.9 Å². The molecule has 2 fully saturated rings. The minimum absolute atomic E-state index is 0.0337. The minimum Gasteiger partial charge on any atom is -0.481 e. The van der Waals surface area contributed by atoms with Crippen LogP contribution in [0.15, 0.2) is 35.2 Å². The van der Waals surface area contributed by atoms with E-state index in [0.29, 0.717) is 12.3 Å². The lowest BCUT2D eigenvalue weighted by molar-refractivity contribution is -0.149. The monoisotopic (exact) mass is 262 g/mol. The molecule has 2 aliphatic rings. The molecule has 4 heteroatoms. The molecule has 2 saturated carbocycles. The summed E-state index contributed by atoms with van der Waals surface area (Å²) in [5, 5.41) is 9.37. The van der Waals surface area contributed by atoms with Crippen LogP contribution < -0.4 is 0 Å². The molecule has 0 aromatic heterocycles. The van der Waals surface area contributed by atoms with E-state index in [2.05, 4.69) is 0 Å². The summed E-state index contributed by atoms with van der Waals surface area (Å²) in [6.07, 6.45) is 1.44. The first-order chi connectivity index (χ1) is 8.66. The third-order valence-corrected chi connectivity index (χ3v) is 5.31. The molecule has 0 heterocycles. The van der Waals surface area contributed by atoms with Gasteiger partial charge in [0.1, 0.15) is 5.78 Å². The highest BCUT2D eigenvalue weighted by Gasteiger charge is 2.56. The minimum atomic E-state index is -0.816. The van der Waals surface area contributed by atoms with E-state index in [4.69, 9.17) is 0 Å². The molecule has 3 rings (SSSR count). The van der Waals surface area contributed by atoms with E-state index in [-0.39, 0.29) is 17.0 Å². The van der Waals surface area contributed by atoms with Crippen molar-refractivity contribution < 1.29 is 14.7 Å². The van der Waals surface area contributed by atoms with Gasteiger partial charge < -0.3 is 5.11 Å². The van der Waals surface area contributed by atoms with Gasteiger partial charge in [0.25, 0.3) is 0 Å². The van der Waals surface area contributed by atoms with Gasteiger partial charge in [0.05, 0.1) is 5.92 Å². The van der Waals surface area contributed by atoms with Crippen molar-refractivity contribution in [2.45, 2.75) is 23.0 Å². The van der Waals surface area contributed by atoms with Gasteiger partial charge in [-0.2, -0.15) is 0 Å². The van der Waals surface area contributed by atoms with Crippen molar-refractivity contribution in [3.63, 3.8) is 0 Å². The van der Waals surface area contributed by atoms with Crippen LogP contribution in [-0.2, 0) is 9.59 Å². The van der Waals surface area contributed by atoms with E-state index in [1.807, 2.05) is 30.3 Å². The molecule has 18 heavy (non-hydrogen) atoms. The second-order valence-electron chi connectivity index (χ2n) is 5.03. The van der Waals surface area contributed by atoms with Crippen LogP contribution in [0.5, 0.6) is 0 Å². The fourth-order valence-corrected chi connectivity index (χ4v) is 4.57. The van der Waals surface area contributed by atoms with Gasteiger partial charge in [-0.3, -0.25) is 9.59 Å². The lowest BCUT2D eigenvalue weighted by Gasteiger charge is -2.30. The van der Waals surface area contributed by atoms with E-state index >= 15 is 0 Å². The molecule has 0 spiro atoms. The number of carbonyl (C=O) groups is 2. The molecule has 4 unspecified atom stereocenters. The van der Waals surface area contributed by atoms with E-state index in [0.717, 1.165) is 11.3 Å². The number of ketones is 1. The SMILES string of the molecule is O=C1CC2CC(Sc3ccccc3)C(C(=O)O)C12. The quantitative estimate of drug-likeness (QED) is 0.909. The van der Waals surface area contributed by atoms with Crippen LogP contribution in [0.1, 0.15) is 12.8 Å². The van der Waals surface area contributed by atoms with Gasteiger partial charge in [0.2, 0.25) is 0 Å². The zero-order valence-corrected chi connectivity index (χ0v) is 10.6. The van der Waals surface area contributed by atoms with Crippen molar-refractivity contribution in [2.75, 3.05) is 0 Å². The average Bonchev–Trinajstić information content (AvgIpc) is 2.63. The van der Waals surface area contributed by atoms with Crippen molar-refractivity contribution in [3.8, 4) is 0 Å². The predicted octanol–water partition coefficient (Wildman–Crippen LogP) is 2.46. The predicted molar refractivity (Wildman–Crippen MR) is 68.4 cm³/mol. The Hall–Kier alpha value is -1.29. The van der Waals surface area contributed by atoms with Gasteiger partial charge in [-0.1, -0.05) is 18.2 Å². The topological polar surface area (TPSA) is 54.4 Å². The van der Waals surface area contributed by atoms with Crippen LogP contribution in [-0.4, -0.2) is 22.1 Å². The fraction of sp³-hybridized carbons (Fsp3) is 0.429. The summed E-state index contributed by atoms with van der Waals surface area (Å²) < 4.78 is 0. The smallest absolute Gasteiger partial charge is 0.308 e. The molecule has 0 radical (unpaired) electrons. The maximum absolute atomic E-state index is 11.6. The molecule has 1 aromatic rings. The molecule has 94 valence electrons. The van der Waals surface area contributed by atoms with Gasteiger partial charge in [0.15, 0.2) is 0 Å². The van der Waals surface area contributed by atoms with Crippen LogP contribution in [0.4, 0.5) is 0 Å². The van der Waals surface area contributed by atoms with Gasteiger partial charge in [-0.25, -0.2) is 0 Å². The van der Waals surface area contributed by atoms with E-state index in [1.165, 1.54) is 0 Å². The first-order valence-electron chi connectivity index (χ1n) is 6.14. The summed E-state index contributed by atoms with van der Waals surface area (Å²) in [4.78, 5) is 24.0. The number of hydrogen-bond acceptors (Lipinski definition) is 3. The van der Waals surface area contributed by atoms with Gasteiger partial charge in [-0.15, -0.1) is 11.8 Å². The Morgan fingerprint density at radius 3 is 2.61 bits per heavy atom. The molecule has 3 nitrogen and oxygen atoms in total. The summed E-state index contributed by atoms with van der Waals surface area (Å²) in [6, 6.07) is 9.83. The lowest BCUT2D eigenvalue weighted by Crippen LogP contribution is -2.40. The van der Waals surface area contributed by atoms with Crippen LogP contribution in [0.2, 0.25) is 0 Å². The first-order valence-corrected chi connectivity index (χ1v) is 7.02. The molecular weight excluding hydrogens is 248 g/mol. The van der Waals surface area contributed by atoms with Crippen molar-refractivity contribution in [2.24, 2.45) is 17.8 Å². The third kappa shape index (κ3) is 1.85. The summed E-state index contributed by atoms with van der Waals surface area (Å²) in [5.74, 6) is -1.09. The van der Waals surface area contributed by atoms with Gasteiger partial charge in [0, 0.05) is 22.5 Å². The van der Waals surface area contributed by atoms with Crippen LogP contribution in [0.25, 0.3) is 0 Å². The van der Waals surface area contributed by atoms with Crippen LogP contribution in [0.3, 0.4) is 0 Å². The lowest BCUT2D eigenvalue weighted by atomic mass is 9.71. The Balaban J connectivity index is 1.79. The van der Waals surface area contributed by atoms with Crippen molar-refractivity contribution in [3.05, 3.63) is 30.3 Å². The molecule has 0 bridgehead atoms. The highest BCUT2D eigenvalue weighted by molar-refractivity contribution is 8.00. The molecule has 0 saturated heterocycles. The number of benzene rings is 1. The highest BCUT2D eigenvalue weighted by Crippen LogP contribution is 2.53. The van der Waals surface area contributed by atoms with Gasteiger partial charge in [-0.05, 0) is 24.5 Å². The molecule has 1 aromatic carbocycles. The molecule has 1 N–H and O–H groups in total. The Bertz CT molecular complexity index is 485. The average molecular weight is 262 g/mol. The first kappa shape index (κ1) is 11.8. The highest BCUT2D eigenvalue weighted by atomic mass is 32.2. The van der Waals surface area contributed by atoms with Crippen LogP contribution >= 0.6 is 11.8 Å². The second kappa shape index (κ2) is 4.43. The largest absolute Gasteiger partial charge is 0.481 e. The van der Waals surface area contributed by atoms with E-state index in [9.17, 15) is 14.7 Å². The van der Waals surface area contributed by atoms with Crippen molar-refractivity contribution >= 4 is 23.5 Å². The number of carbonyl (C=O) groups excluding carboxylic acids is 1. The Labute approximate surface area is 110 Å². The number of aliphatic carboxylic acids is 1. The number of thioether (sulfide) groups is 1. The zero-order valence-electron chi connectivity index (χ0n) is 9.78. The number of fused-ring (bicyclic) bond motifs is 1. The van der Waals surface area contributed by atoms with Gasteiger partial charge >= 0.3 is 5.97 Å². The van der Waals surface area contributed by atoms with E-state index in [1.54, 1.807) is 11.8 Å². The van der Waals surface area contributed by atoms with Crippen molar-refractivity contribution in [1.82, 2.24) is 0 Å². The van der Waals surface area contributed by atoms with Crippen molar-refractivity contribution in [1.29, 1.82) is 0 Å². The number of rotatable bonds is 3. The molecule has 4 atom stereocenters. The fourth-order valence-electron chi connectivity index (χ4n) is 3.13. The third-order valence-electron chi connectivity index (χ3n) is 3.98. The summed E-state index contributed by atoms with van der Waals surface area (Å²) >= 11 is 1.60. The van der Waals surface area contributed by atoms with Crippen LogP contribution in [0, 0.1) is 17.8 Å². The summed E-state index contributed by atoms with van der Waals surface area (Å²) in [7, 11) is 0. The summed E-state index contributed by atoms with van der Waals surface area (Å²) in [6.45, 7) is 0. The summed E-state index contributed by atoms with van der Waals surface area (Å²) in [5.41, 5.74) is 0. The Morgan fingerprint density at radius 2 is 2.00 bits per heavy atom. The Morgan fingerprint density at radius 1 is 1.28 bits per heavy atom. The molecular formula is C14H14O3S. The number of Topliss-reactive ketones (excluding diaryl/α,β-unsaturated/α-hetero) is 1. The number of carboxylic acids is 1. The number of carboxylic acid groups (broad SMARTS) is 1. The molecule has 0 aliphatic heterocycles. The maximum atomic E-state index is 11.6. The second-order valence-corrected chi connectivity index (χ2v) is 6.34. The maximum Gasteiger partial charge on any atom is 0.308 e. The zero-order chi connectivity index (χ0) is 12.7. The molecule has 2 aliphatic carbocycles. The standard InChI is InChI=1S/C14H14O3S/c15-10-6-8-7-11(13(12(8)10)14(16)17)18-9-4-2-1-3-5-9/h1-5,8,11-13H,6-7H2,(H,16,17). The molecule has 0 amide bonds. The normalized spacial score (nSPS) is 33.9. The Kier molecular flexibility index (Phi) is 2.90.